The molecule has 5 nitrogen and oxygen atoms in total. The SMILES string of the molecule is COc1ccc([C@@H](CCO)N2CCNCC2)c(OC)c1. The molecule has 2 N–H and O–H groups in total. The van der Waals surface area contributed by atoms with Crippen molar-refractivity contribution in [3.63, 3.8) is 0 Å². The van der Waals surface area contributed by atoms with E-state index in [2.05, 4.69) is 10.2 Å². The molecule has 1 aromatic rings. The van der Waals surface area contributed by atoms with Crippen LogP contribution in [0.25, 0.3) is 0 Å². The number of hydrogen-bond donors (Lipinski definition) is 2. The molecule has 1 saturated heterocycles. The second-order valence-corrected chi connectivity index (χ2v) is 4.92. The standard InChI is InChI=1S/C15H24N2O3/c1-19-12-3-4-13(15(11-12)20-2)14(5-10-18)17-8-6-16-7-9-17/h3-4,11,14,16,18H,5-10H2,1-2H3/t14-/m1/s1. The van der Waals surface area contributed by atoms with E-state index in [4.69, 9.17) is 9.47 Å². The van der Waals surface area contributed by atoms with E-state index < -0.39 is 0 Å². The summed E-state index contributed by atoms with van der Waals surface area (Å²) in [4.78, 5) is 2.40. The van der Waals surface area contributed by atoms with Crippen molar-refractivity contribution in [1.82, 2.24) is 10.2 Å². The smallest absolute Gasteiger partial charge is 0.127 e. The molecule has 0 unspecified atom stereocenters. The molecule has 0 aromatic heterocycles. The molecule has 1 aliphatic rings. The van der Waals surface area contributed by atoms with Crippen LogP contribution in [-0.4, -0.2) is 57.0 Å². The minimum atomic E-state index is 0.170. The van der Waals surface area contributed by atoms with Crippen molar-refractivity contribution in [3.05, 3.63) is 23.8 Å². The molecule has 0 aliphatic carbocycles. The van der Waals surface area contributed by atoms with E-state index in [0.717, 1.165) is 43.2 Å². The molecular weight excluding hydrogens is 256 g/mol. The first-order valence-corrected chi connectivity index (χ1v) is 7.07. The molecule has 0 spiro atoms. The van der Waals surface area contributed by atoms with Crippen LogP contribution < -0.4 is 14.8 Å². The molecular formula is C15H24N2O3. The van der Waals surface area contributed by atoms with Gasteiger partial charge in [-0.15, -0.1) is 0 Å². The molecule has 112 valence electrons. The largest absolute Gasteiger partial charge is 0.497 e. The summed E-state index contributed by atoms with van der Waals surface area (Å²) in [6, 6.07) is 6.08. The molecule has 1 aliphatic heterocycles. The second kappa shape index (κ2) is 7.47. The van der Waals surface area contributed by atoms with E-state index in [9.17, 15) is 5.11 Å². The van der Waals surface area contributed by atoms with E-state index in [0.29, 0.717) is 6.42 Å². The molecule has 20 heavy (non-hydrogen) atoms. The van der Waals surface area contributed by atoms with Crippen LogP contribution in [0.5, 0.6) is 11.5 Å². The lowest BCUT2D eigenvalue weighted by atomic mass is 10.00. The van der Waals surface area contributed by atoms with Crippen molar-refractivity contribution in [2.45, 2.75) is 12.5 Å². The van der Waals surface area contributed by atoms with Crippen molar-refractivity contribution < 1.29 is 14.6 Å². The fourth-order valence-corrected chi connectivity index (χ4v) is 2.74. The Labute approximate surface area is 120 Å². The third-order valence-electron chi connectivity index (χ3n) is 3.79. The van der Waals surface area contributed by atoms with Gasteiger partial charge >= 0.3 is 0 Å². The van der Waals surface area contributed by atoms with Gasteiger partial charge in [-0.05, 0) is 12.5 Å². The van der Waals surface area contributed by atoms with E-state index >= 15 is 0 Å². The van der Waals surface area contributed by atoms with Crippen LogP contribution in [0.1, 0.15) is 18.0 Å². The average Bonchev–Trinajstić information content (AvgIpc) is 2.53. The molecule has 0 bridgehead atoms. The van der Waals surface area contributed by atoms with Crippen LogP contribution in [0.4, 0.5) is 0 Å². The average molecular weight is 280 g/mol. The summed E-state index contributed by atoms with van der Waals surface area (Å²) >= 11 is 0. The summed E-state index contributed by atoms with van der Waals surface area (Å²) in [7, 11) is 3.32. The summed E-state index contributed by atoms with van der Waals surface area (Å²) in [6.07, 6.45) is 0.711. The number of hydrogen-bond acceptors (Lipinski definition) is 5. The Kier molecular flexibility index (Phi) is 5.64. The molecule has 1 heterocycles. The Balaban J connectivity index is 2.27. The van der Waals surface area contributed by atoms with Gasteiger partial charge in [-0.3, -0.25) is 4.90 Å². The molecule has 0 radical (unpaired) electrons. The van der Waals surface area contributed by atoms with Crippen LogP contribution in [-0.2, 0) is 0 Å². The van der Waals surface area contributed by atoms with Gasteiger partial charge in [0.05, 0.1) is 14.2 Å². The molecule has 5 heteroatoms. The number of aliphatic hydroxyl groups is 1. The fraction of sp³-hybridized carbons (Fsp3) is 0.600. The number of nitrogens with one attached hydrogen (secondary N) is 1. The van der Waals surface area contributed by atoms with Gasteiger partial charge in [0.15, 0.2) is 0 Å². The van der Waals surface area contributed by atoms with Gasteiger partial charge in [0.2, 0.25) is 0 Å². The predicted octanol–water partition coefficient (Wildman–Crippen LogP) is 1.03. The topological polar surface area (TPSA) is 54.0 Å². The highest BCUT2D eigenvalue weighted by Crippen LogP contribution is 2.34. The lowest BCUT2D eigenvalue weighted by molar-refractivity contribution is 0.139. The van der Waals surface area contributed by atoms with E-state index in [1.165, 1.54) is 0 Å². The highest BCUT2D eigenvalue weighted by Gasteiger charge is 2.24. The lowest BCUT2D eigenvalue weighted by Crippen LogP contribution is -2.45. The number of aliphatic hydroxyl groups excluding tert-OH is 1. The molecule has 2 rings (SSSR count). The van der Waals surface area contributed by atoms with Crippen LogP contribution in [0.2, 0.25) is 0 Å². The van der Waals surface area contributed by atoms with Crippen molar-refractivity contribution in [1.29, 1.82) is 0 Å². The van der Waals surface area contributed by atoms with Gasteiger partial charge in [-0.2, -0.15) is 0 Å². The van der Waals surface area contributed by atoms with Crippen molar-refractivity contribution in [3.8, 4) is 11.5 Å². The molecule has 0 amide bonds. The lowest BCUT2D eigenvalue weighted by Gasteiger charge is -2.35. The zero-order valence-electron chi connectivity index (χ0n) is 12.3. The van der Waals surface area contributed by atoms with Crippen LogP contribution in [0, 0.1) is 0 Å². The number of rotatable bonds is 6. The Morgan fingerprint density at radius 1 is 1.25 bits per heavy atom. The maximum Gasteiger partial charge on any atom is 0.127 e. The summed E-state index contributed by atoms with van der Waals surface area (Å²) in [5.41, 5.74) is 1.12. The van der Waals surface area contributed by atoms with Gasteiger partial charge in [-0.1, -0.05) is 6.07 Å². The molecule has 1 atom stereocenters. The highest BCUT2D eigenvalue weighted by molar-refractivity contribution is 5.42. The quantitative estimate of drug-likeness (QED) is 0.815. The number of methoxy groups -OCH3 is 2. The summed E-state index contributed by atoms with van der Waals surface area (Å²) in [5.74, 6) is 1.61. The third kappa shape index (κ3) is 3.42. The molecule has 0 saturated carbocycles. The monoisotopic (exact) mass is 280 g/mol. The van der Waals surface area contributed by atoms with Crippen LogP contribution in [0.15, 0.2) is 18.2 Å². The van der Waals surface area contributed by atoms with Crippen molar-refractivity contribution in [2.24, 2.45) is 0 Å². The van der Waals surface area contributed by atoms with Crippen LogP contribution in [0.3, 0.4) is 0 Å². The summed E-state index contributed by atoms with van der Waals surface area (Å²) < 4.78 is 10.7. The Morgan fingerprint density at radius 3 is 2.60 bits per heavy atom. The Hall–Kier alpha value is -1.30. The predicted molar refractivity (Wildman–Crippen MR) is 78.4 cm³/mol. The van der Waals surface area contributed by atoms with E-state index in [1.54, 1.807) is 14.2 Å². The van der Waals surface area contributed by atoms with Gasteiger partial charge in [-0.25, -0.2) is 0 Å². The van der Waals surface area contributed by atoms with Crippen molar-refractivity contribution >= 4 is 0 Å². The van der Waals surface area contributed by atoms with Crippen molar-refractivity contribution in [2.75, 3.05) is 47.0 Å². The van der Waals surface area contributed by atoms with E-state index in [-0.39, 0.29) is 12.6 Å². The number of nitrogens with zero attached hydrogens (tertiary/aromatic N) is 1. The normalized spacial score (nSPS) is 17.8. The third-order valence-corrected chi connectivity index (χ3v) is 3.79. The van der Waals surface area contributed by atoms with E-state index in [1.807, 2.05) is 18.2 Å². The number of ether oxygens (including phenoxy) is 2. The first-order valence-electron chi connectivity index (χ1n) is 7.07. The summed E-state index contributed by atoms with van der Waals surface area (Å²) in [5, 5.41) is 12.7. The summed E-state index contributed by atoms with van der Waals surface area (Å²) in [6.45, 7) is 4.12. The zero-order chi connectivity index (χ0) is 14.4. The second-order valence-electron chi connectivity index (χ2n) is 4.92. The molecule has 1 aromatic carbocycles. The van der Waals surface area contributed by atoms with Gasteiger partial charge in [0, 0.05) is 50.5 Å². The first-order chi connectivity index (χ1) is 9.80. The molecule has 1 fully saturated rings. The Bertz CT molecular complexity index is 420. The van der Waals surface area contributed by atoms with Gasteiger partial charge in [0.25, 0.3) is 0 Å². The number of benzene rings is 1. The maximum atomic E-state index is 9.39. The fourth-order valence-electron chi connectivity index (χ4n) is 2.74. The Morgan fingerprint density at radius 2 is 2.00 bits per heavy atom. The number of piperazine rings is 1. The maximum absolute atomic E-state index is 9.39. The van der Waals surface area contributed by atoms with Gasteiger partial charge < -0.3 is 19.9 Å². The minimum absolute atomic E-state index is 0.170. The minimum Gasteiger partial charge on any atom is -0.497 e. The first kappa shape index (κ1) is 15.1. The van der Waals surface area contributed by atoms with Crippen LogP contribution >= 0.6 is 0 Å². The zero-order valence-corrected chi connectivity index (χ0v) is 12.3. The highest BCUT2D eigenvalue weighted by atomic mass is 16.5. The van der Waals surface area contributed by atoms with Gasteiger partial charge in [0.1, 0.15) is 11.5 Å².